The van der Waals surface area contributed by atoms with Gasteiger partial charge in [-0.3, -0.25) is 0 Å². The van der Waals surface area contributed by atoms with E-state index in [4.69, 9.17) is 5.73 Å². The molecule has 0 aliphatic heterocycles. The maximum Gasteiger partial charge on any atom is 0.0578 e. The quantitative estimate of drug-likeness (QED) is 0.488. The summed E-state index contributed by atoms with van der Waals surface area (Å²) in [5.41, 5.74) is 6.74. The number of nitrogens with two attached hydrogens (primary N) is 1. The summed E-state index contributed by atoms with van der Waals surface area (Å²) in [4.78, 5) is 0. The van der Waals surface area contributed by atoms with Crippen LogP contribution in [0.3, 0.4) is 0 Å². The molecule has 1 atom stereocenters. The molecule has 2 rings (SSSR count). The van der Waals surface area contributed by atoms with Gasteiger partial charge < -0.3 is 5.73 Å². The fourth-order valence-electron chi connectivity index (χ4n) is 1.07. The number of benzene rings is 1. The molecular weight excluding hydrogens is 173 g/mol. The standard InChI is InChI=1S/C8H8NPS/c9-7-6(10)2-1-5-3-4-11-8(5)7/h1-4H,9-10H2. The number of anilines is 1. The maximum absolute atomic E-state index is 5.85. The van der Waals surface area contributed by atoms with E-state index >= 15 is 0 Å². The smallest absolute Gasteiger partial charge is 0.0578 e. The van der Waals surface area contributed by atoms with Crippen LogP contribution in [0.15, 0.2) is 23.6 Å². The van der Waals surface area contributed by atoms with Crippen molar-refractivity contribution in [3.05, 3.63) is 23.6 Å². The summed E-state index contributed by atoms with van der Waals surface area (Å²) in [6, 6.07) is 6.19. The lowest BCUT2D eigenvalue weighted by atomic mass is 10.2. The Morgan fingerprint density at radius 1 is 1.27 bits per heavy atom. The average Bonchev–Trinajstić information content (AvgIpc) is 2.45. The zero-order valence-corrected chi connectivity index (χ0v) is 7.84. The minimum Gasteiger partial charge on any atom is -0.397 e. The molecule has 1 unspecified atom stereocenters. The molecule has 2 N–H and O–H groups in total. The van der Waals surface area contributed by atoms with Gasteiger partial charge in [0.15, 0.2) is 0 Å². The Balaban J connectivity index is 2.93. The molecule has 0 spiro atoms. The van der Waals surface area contributed by atoms with Gasteiger partial charge in [0.2, 0.25) is 0 Å². The van der Waals surface area contributed by atoms with E-state index in [-0.39, 0.29) is 0 Å². The first kappa shape index (κ1) is 7.08. The second kappa shape index (κ2) is 2.47. The van der Waals surface area contributed by atoms with Crippen molar-refractivity contribution in [2.45, 2.75) is 0 Å². The van der Waals surface area contributed by atoms with E-state index in [1.807, 2.05) is 6.07 Å². The third-order valence-electron chi connectivity index (χ3n) is 1.69. The molecule has 1 nitrogen and oxygen atoms in total. The highest BCUT2D eigenvalue weighted by Gasteiger charge is 2.00. The molecule has 56 valence electrons. The topological polar surface area (TPSA) is 26.0 Å². The van der Waals surface area contributed by atoms with Crippen molar-refractivity contribution >= 4 is 41.7 Å². The largest absolute Gasteiger partial charge is 0.397 e. The Morgan fingerprint density at radius 2 is 2.09 bits per heavy atom. The van der Waals surface area contributed by atoms with E-state index in [9.17, 15) is 0 Å². The number of thiophene rings is 1. The van der Waals surface area contributed by atoms with Crippen LogP contribution >= 0.6 is 20.6 Å². The van der Waals surface area contributed by atoms with Gasteiger partial charge in [0.25, 0.3) is 0 Å². The summed E-state index contributed by atoms with van der Waals surface area (Å²) < 4.78 is 1.19. The number of nitrogen functional groups attached to an aromatic ring is 1. The number of rotatable bonds is 0. The lowest BCUT2D eigenvalue weighted by molar-refractivity contribution is 1.89. The lowest BCUT2D eigenvalue weighted by Crippen LogP contribution is -1.99. The Labute approximate surface area is 71.4 Å². The van der Waals surface area contributed by atoms with Crippen LogP contribution in [0, 0.1) is 0 Å². The van der Waals surface area contributed by atoms with Gasteiger partial charge in [-0.05, 0) is 22.1 Å². The molecule has 0 saturated carbocycles. The Hall–Kier alpha value is -0.590. The Bertz CT molecular complexity index is 394. The normalized spacial score (nSPS) is 10.6. The summed E-state index contributed by atoms with van der Waals surface area (Å²) in [5.74, 6) is 0. The second-order valence-electron chi connectivity index (χ2n) is 2.41. The van der Waals surface area contributed by atoms with Gasteiger partial charge >= 0.3 is 0 Å². The molecule has 0 bridgehead atoms. The van der Waals surface area contributed by atoms with Crippen molar-refractivity contribution in [3.63, 3.8) is 0 Å². The lowest BCUT2D eigenvalue weighted by Gasteiger charge is -1.98. The zero-order valence-electron chi connectivity index (χ0n) is 5.87. The molecule has 2 aromatic rings. The maximum atomic E-state index is 5.85. The molecule has 3 heteroatoms. The highest BCUT2D eigenvalue weighted by atomic mass is 32.1. The van der Waals surface area contributed by atoms with E-state index in [0.717, 1.165) is 11.0 Å². The summed E-state index contributed by atoms with van der Waals surface area (Å²) in [6.07, 6.45) is 0. The minimum absolute atomic E-state index is 0.891. The summed E-state index contributed by atoms with van der Waals surface area (Å²) in [6.45, 7) is 0. The first-order valence-corrected chi connectivity index (χ1v) is 4.76. The fourth-order valence-corrected chi connectivity index (χ4v) is 2.28. The van der Waals surface area contributed by atoms with Crippen LogP contribution in [0.5, 0.6) is 0 Å². The predicted octanol–water partition coefficient (Wildman–Crippen LogP) is 1.98. The van der Waals surface area contributed by atoms with Crippen molar-refractivity contribution in [3.8, 4) is 0 Å². The highest BCUT2D eigenvalue weighted by molar-refractivity contribution is 7.28. The van der Waals surface area contributed by atoms with Gasteiger partial charge in [0.1, 0.15) is 0 Å². The van der Waals surface area contributed by atoms with Crippen LogP contribution in [0.1, 0.15) is 0 Å². The molecule has 0 amide bonds. The van der Waals surface area contributed by atoms with Crippen LogP contribution in [0.4, 0.5) is 5.69 Å². The minimum atomic E-state index is 0.891. The summed E-state index contributed by atoms with van der Waals surface area (Å²) >= 11 is 1.69. The van der Waals surface area contributed by atoms with E-state index in [1.54, 1.807) is 11.3 Å². The van der Waals surface area contributed by atoms with Crippen molar-refractivity contribution < 1.29 is 0 Å². The van der Waals surface area contributed by atoms with Crippen LogP contribution in [-0.2, 0) is 0 Å². The van der Waals surface area contributed by atoms with Crippen molar-refractivity contribution in [2.24, 2.45) is 0 Å². The van der Waals surface area contributed by atoms with Crippen LogP contribution in [0.2, 0.25) is 0 Å². The van der Waals surface area contributed by atoms with E-state index in [0.29, 0.717) is 0 Å². The van der Waals surface area contributed by atoms with Crippen LogP contribution < -0.4 is 11.0 Å². The number of fused-ring (bicyclic) bond motifs is 1. The molecular formula is C8H8NPS. The molecule has 0 radical (unpaired) electrons. The molecule has 1 heterocycles. The van der Waals surface area contributed by atoms with Crippen LogP contribution in [0.25, 0.3) is 10.1 Å². The van der Waals surface area contributed by atoms with E-state index in [2.05, 4.69) is 26.8 Å². The molecule has 0 aliphatic carbocycles. The molecule has 0 saturated heterocycles. The second-order valence-corrected chi connectivity index (χ2v) is 3.95. The zero-order chi connectivity index (χ0) is 7.84. The monoisotopic (exact) mass is 181 g/mol. The third kappa shape index (κ3) is 1.03. The highest BCUT2D eigenvalue weighted by Crippen LogP contribution is 2.25. The molecule has 0 fully saturated rings. The van der Waals surface area contributed by atoms with Gasteiger partial charge in [-0.2, -0.15) is 0 Å². The first-order valence-electron chi connectivity index (χ1n) is 3.30. The summed E-state index contributed by atoms with van der Waals surface area (Å²) in [5, 5.41) is 4.38. The Morgan fingerprint density at radius 3 is 2.91 bits per heavy atom. The van der Waals surface area contributed by atoms with Crippen molar-refractivity contribution in [2.75, 3.05) is 5.73 Å². The van der Waals surface area contributed by atoms with Gasteiger partial charge in [-0.15, -0.1) is 20.6 Å². The molecule has 0 aliphatic rings. The van der Waals surface area contributed by atoms with Crippen molar-refractivity contribution in [1.82, 2.24) is 0 Å². The van der Waals surface area contributed by atoms with Gasteiger partial charge in [-0.1, -0.05) is 12.1 Å². The average molecular weight is 181 g/mol. The molecule has 1 aromatic carbocycles. The third-order valence-corrected chi connectivity index (χ3v) is 3.16. The number of hydrogen-bond donors (Lipinski definition) is 1. The summed E-state index contributed by atoms with van der Waals surface area (Å²) in [7, 11) is 2.63. The van der Waals surface area contributed by atoms with Gasteiger partial charge in [0.05, 0.1) is 10.4 Å². The molecule has 11 heavy (non-hydrogen) atoms. The SMILES string of the molecule is Nc1c(P)ccc2ccsc12. The van der Waals surface area contributed by atoms with E-state index < -0.39 is 0 Å². The van der Waals surface area contributed by atoms with Crippen molar-refractivity contribution in [1.29, 1.82) is 0 Å². The number of hydrogen-bond acceptors (Lipinski definition) is 2. The van der Waals surface area contributed by atoms with Gasteiger partial charge in [0, 0.05) is 0 Å². The van der Waals surface area contributed by atoms with Crippen LogP contribution in [-0.4, -0.2) is 0 Å². The van der Waals surface area contributed by atoms with E-state index in [1.165, 1.54) is 10.1 Å². The fraction of sp³-hybridized carbons (Fsp3) is 0. The predicted molar refractivity (Wildman–Crippen MR) is 55.6 cm³/mol. The Kier molecular flexibility index (Phi) is 1.59. The van der Waals surface area contributed by atoms with Gasteiger partial charge in [-0.25, -0.2) is 0 Å². The molecule has 1 aromatic heterocycles. The first-order chi connectivity index (χ1) is 5.29.